The third kappa shape index (κ3) is 2.45. The number of hydrogen-bond acceptors (Lipinski definition) is 3. The molecule has 0 saturated carbocycles. The highest BCUT2D eigenvalue weighted by Gasteiger charge is 2.27. The van der Waals surface area contributed by atoms with Gasteiger partial charge in [-0.2, -0.15) is 0 Å². The topological polar surface area (TPSA) is 72.2 Å². The van der Waals surface area contributed by atoms with Crippen molar-refractivity contribution in [2.24, 2.45) is 0 Å². The Kier molecular flexibility index (Phi) is 3.63. The molecule has 2 aromatic rings. The molecule has 5 nitrogen and oxygen atoms in total. The summed E-state index contributed by atoms with van der Waals surface area (Å²) in [5.74, 6) is -0.0857. The molecular formula is C17H16N2O3. The van der Waals surface area contributed by atoms with E-state index in [0.29, 0.717) is 18.0 Å². The van der Waals surface area contributed by atoms with Crippen LogP contribution in [0.4, 0.5) is 5.69 Å². The van der Waals surface area contributed by atoms with Crippen LogP contribution in [0.25, 0.3) is 0 Å². The fraction of sp³-hybridized carbons (Fsp3) is 0.235. The summed E-state index contributed by atoms with van der Waals surface area (Å²) >= 11 is 0. The van der Waals surface area contributed by atoms with Crippen molar-refractivity contribution in [3.63, 3.8) is 0 Å². The number of nitro groups is 1. The van der Waals surface area contributed by atoms with E-state index in [2.05, 4.69) is 17.4 Å². The van der Waals surface area contributed by atoms with Crippen LogP contribution >= 0.6 is 0 Å². The SMILES string of the molecule is Cc1cccc([N+](=O)[O-])c1C(=O)NC[C@H]1Cc2ccccc21. The molecular weight excluding hydrogens is 280 g/mol. The summed E-state index contributed by atoms with van der Waals surface area (Å²) < 4.78 is 0. The van der Waals surface area contributed by atoms with Crippen molar-refractivity contribution in [1.29, 1.82) is 0 Å². The molecule has 1 aliphatic carbocycles. The monoisotopic (exact) mass is 296 g/mol. The van der Waals surface area contributed by atoms with Crippen molar-refractivity contribution in [3.8, 4) is 0 Å². The van der Waals surface area contributed by atoms with Crippen LogP contribution in [0, 0.1) is 17.0 Å². The molecule has 1 atom stereocenters. The second-order valence-corrected chi connectivity index (χ2v) is 5.54. The number of rotatable bonds is 4. The average Bonchev–Trinajstić information content (AvgIpc) is 2.47. The number of amides is 1. The maximum absolute atomic E-state index is 12.3. The zero-order valence-corrected chi connectivity index (χ0v) is 12.2. The maximum Gasteiger partial charge on any atom is 0.282 e. The summed E-state index contributed by atoms with van der Waals surface area (Å²) in [6, 6.07) is 12.8. The highest BCUT2D eigenvalue weighted by molar-refractivity contribution is 5.99. The Morgan fingerprint density at radius 2 is 2.05 bits per heavy atom. The van der Waals surface area contributed by atoms with Crippen LogP contribution < -0.4 is 5.32 Å². The lowest BCUT2D eigenvalue weighted by Gasteiger charge is -2.30. The van der Waals surface area contributed by atoms with Gasteiger partial charge in [0.1, 0.15) is 5.56 Å². The van der Waals surface area contributed by atoms with Gasteiger partial charge in [-0.25, -0.2) is 0 Å². The van der Waals surface area contributed by atoms with Gasteiger partial charge in [-0.15, -0.1) is 0 Å². The summed E-state index contributed by atoms with van der Waals surface area (Å²) in [6.45, 7) is 2.21. The van der Waals surface area contributed by atoms with Crippen molar-refractivity contribution in [1.82, 2.24) is 5.32 Å². The Bertz CT molecular complexity index is 755. The number of nitro benzene ring substituents is 1. The zero-order valence-electron chi connectivity index (χ0n) is 12.2. The summed E-state index contributed by atoms with van der Waals surface area (Å²) in [6.07, 6.45) is 0.937. The second-order valence-electron chi connectivity index (χ2n) is 5.54. The molecule has 2 aromatic carbocycles. The molecule has 1 aliphatic rings. The van der Waals surface area contributed by atoms with E-state index in [1.807, 2.05) is 12.1 Å². The van der Waals surface area contributed by atoms with Gasteiger partial charge in [-0.1, -0.05) is 36.4 Å². The Labute approximate surface area is 128 Å². The summed E-state index contributed by atoms with van der Waals surface area (Å²) in [7, 11) is 0. The number of carbonyl (C=O) groups excluding carboxylic acids is 1. The number of aryl methyl sites for hydroxylation is 1. The highest BCUT2D eigenvalue weighted by atomic mass is 16.6. The molecule has 0 heterocycles. The highest BCUT2D eigenvalue weighted by Crippen LogP contribution is 2.34. The molecule has 0 radical (unpaired) electrons. The van der Waals surface area contributed by atoms with Crippen LogP contribution in [0.2, 0.25) is 0 Å². The molecule has 0 fully saturated rings. The lowest BCUT2D eigenvalue weighted by Crippen LogP contribution is -2.33. The predicted octanol–water partition coefficient (Wildman–Crippen LogP) is 2.97. The van der Waals surface area contributed by atoms with Gasteiger partial charge in [0, 0.05) is 18.5 Å². The minimum absolute atomic E-state index is 0.147. The van der Waals surface area contributed by atoms with Crippen molar-refractivity contribution in [2.45, 2.75) is 19.3 Å². The molecule has 1 N–H and O–H groups in total. The minimum atomic E-state index is -0.513. The number of nitrogens with one attached hydrogen (secondary N) is 1. The van der Waals surface area contributed by atoms with E-state index in [9.17, 15) is 14.9 Å². The van der Waals surface area contributed by atoms with Gasteiger partial charge in [-0.3, -0.25) is 14.9 Å². The molecule has 1 amide bonds. The van der Waals surface area contributed by atoms with Gasteiger partial charge in [0.25, 0.3) is 11.6 Å². The maximum atomic E-state index is 12.3. The number of nitrogens with zero attached hydrogens (tertiary/aromatic N) is 1. The first kappa shape index (κ1) is 14.3. The number of fused-ring (bicyclic) bond motifs is 1. The lowest BCUT2D eigenvalue weighted by molar-refractivity contribution is -0.385. The van der Waals surface area contributed by atoms with Crippen LogP contribution in [-0.4, -0.2) is 17.4 Å². The molecule has 22 heavy (non-hydrogen) atoms. The van der Waals surface area contributed by atoms with Crippen molar-refractivity contribution < 1.29 is 9.72 Å². The van der Waals surface area contributed by atoms with Crippen molar-refractivity contribution >= 4 is 11.6 Å². The van der Waals surface area contributed by atoms with Crippen LogP contribution in [-0.2, 0) is 6.42 Å². The Balaban J connectivity index is 1.73. The first-order chi connectivity index (χ1) is 10.6. The molecule has 0 unspecified atom stereocenters. The largest absolute Gasteiger partial charge is 0.351 e. The summed E-state index contributed by atoms with van der Waals surface area (Å²) in [5.41, 5.74) is 3.18. The van der Waals surface area contributed by atoms with E-state index >= 15 is 0 Å². The van der Waals surface area contributed by atoms with E-state index in [0.717, 1.165) is 6.42 Å². The minimum Gasteiger partial charge on any atom is -0.351 e. The van der Waals surface area contributed by atoms with Crippen molar-refractivity contribution in [2.75, 3.05) is 6.54 Å². The van der Waals surface area contributed by atoms with Gasteiger partial charge in [0.2, 0.25) is 0 Å². The molecule has 0 saturated heterocycles. The molecule has 0 aromatic heterocycles. The number of carbonyl (C=O) groups is 1. The quantitative estimate of drug-likeness (QED) is 0.696. The van der Waals surface area contributed by atoms with Gasteiger partial charge < -0.3 is 5.32 Å². The standard InChI is InChI=1S/C17H16N2O3/c1-11-5-4-8-15(19(21)22)16(11)17(20)18-10-13-9-12-6-2-3-7-14(12)13/h2-8,13H,9-10H2,1H3,(H,18,20)/t13-/m1/s1. The molecule has 0 spiro atoms. The normalized spacial score (nSPS) is 15.6. The van der Waals surface area contributed by atoms with E-state index in [4.69, 9.17) is 0 Å². The summed E-state index contributed by atoms with van der Waals surface area (Å²) in [5, 5.41) is 13.9. The summed E-state index contributed by atoms with van der Waals surface area (Å²) in [4.78, 5) is 22.9. The van der Waals surface area contributed by atoms with E-state index < -0.39 is 4.92 Å². The van der Waals surface area contributed by atoms with E-state index in [1.54, 1.807) is 19.1 Å². The Morgan fingerprint density at radius 1 is 1.27 bits per heavy atom. The van der Waals surface area contributed by atoms with Crippen LogP contribution in [0.5, 0.6) is 0 Å². The number of hydrogen-bond donors (Lipinski definition) is 1. The van der Waals surface area contributed by atoms with Crippen LogP contribution in [0.1, 0.15) is 33.0 Å². The molecule has 0 aliphatic heterocycles. The second kappa shape index (κ2) is 5.60. The Hall–Kier alpha value is -2.69. The third-order valence-corrected chi connectivity index (χ3v) is 4.14. The van der Waals surface area contributed by atoms with Gasteiger partial charge in [0.15, 0.2) is 0 Å². The van der Waals surface area contributed by atoms with Gasteiger partial charge in [0.05, 0.1) is 4.92 Å². The molecule has 3 rings (SSSR count). The Morgan fingerprint density at radius 3 is 2.77 bits per heavy atom. The van der Waals surface area contributed by atoms with Gasteiger partial charge in [-0.05, 0) is 30.0 Å². The smallest absolute Gasteiger partial charge is 0.282 e. The van der Waals surface area contributed by atoms with Crippen LogP contribution in [0.15, 0.2) is 42.5 Å². The first-order valence-corrected chi connectivity index (χ1v) is 7.18. The first-order valence-electron chi connectivity index (χ1n) is 7.18. The van der Waals surface area contributed by atoms with Crippen molar-refractivity contribution in [3.05, 3.63) is 74.8 Å². The van der Waals surface area contributed by atoms with Gasteiger partial charge >= 0.3 is 0 Å². The van der Waals surface area contributed by atoms with Crippen LogP contribution in [0.3, 0.4) is 0 Å². The average molecular weight is 296 g/mol. The predicted molar refractivity (Wildman–Crippen MR) is 83.1 cm³/mol. The molecule has 5 heteroatoms. The fourth-order valence-electron chi connectivity index (χ4n) is 2.95. The zero-order chi connectivity index (χ0) is 15.7. The molecule has 0 bridgehead atoms. The fourth-order valence-corrected chi connectivity index (χ4v) is 2.95. The molecule has 112 valence electrons. The van der Waals surface area contributed by atoms with E-state index in [-0.39, 0.29) is 17.2 Å². The number of benzene rings is 2. The van der Waals surface area contributed by atoms with E-state index in [1.165, 1.54) is 17.2 Å². The third-order valence-electron chi connectivity index (χ3n) is 4.14. The lowest BCUT2D eigenvalue weighted by atomic mass is 9.77.